The number of rotatable bonds is 29. The molecule has 0 radical (unpaired) electrons. The Bertz CT molecular complexity index is 680. The first-order valence-corrected chi connectivity index (χ1v) is 18.0. The van der Waals surface area contributed by atoms with Crippen molar-refractivity contribution in [2.45, 2.75) is 180 Å². The standard InChI is InChI=1S/C32H63NO5S/c1-3-5-7-9-11-13-15-16-18-19-21-23-25-27-31(34)30(29-39(36,37)38)33-32(35)28-26-24-22-20-17-14-12-10-8-6-4-2/h25,27,30-31,34H,3-24,26,28-29H2,1-2H3,(H,33,35)(H,36,37,38)/b27-25+. The zero-order chi connectivity index (χ0) is 29.0. The van der Waals surface area contributed by atoms with Crippen LogP contribution < -0.4 is 5.32 Å². The molecular weight excluding hydrogens is 510 g/mol. The molecule has 0 fully saturated rings. The predicted octanol–water partition coefficient (Wildman–Crippen LogP) is 8.68. The predicted molar refractivity (Wildman–Crippen MR) is 166 cm³/mol. The van der Waals surface area contributed by atoms with Crippen molar-refractivity contribution in [1.29, 1.82) is 0 Å². The quantitative estimate of drug-likeness (QED) is 0.0472. The van der Waals surface area contributed by atoms with Gasteiger partial charge >= 0.3 is 0 Å². The largest absolute Gasteiger partial charge is 0.387 e. The number of carbonyl (C=O) groups is 1. The lowest BCUT2D eigenvalue weighted by Gasteiger charge is -2.21. The van der Waals surface area contributed by atoms with Crippen molar-refractivity contribution in [2.24, 2.45) is 0 Å². The molecule has 0 aromatic carbocycles. The Morgan fingerprint density at radius 2 is 1.05 bits per heavy atom. The van der Waals surface area contributed by atoms with Gasteiger partial charge in [0.05, 0.1) is 17.9 Å². The monoisotopic (exact) mass is 573 g/mol. The van der Waals surface area contributed by atoms with E-state index in [1.807, 2.05) is 6.08 Å². The van der Waals surface area contributed by atoms with Crippen LogP contribution in [0, 0.1) is 0 Å². The number of amides is 1. The van der Waals surface area contributed by atoms with E-state index in [9.17, 15) is 22.9 Å². The molecule has 0 saturated carbocycles. The molecule has 0 aromatic rings. The van der Waals surface area contributed by atoms with Gasteiger partial charge in [-0.05, 0) is 19.3 Å². The molecule has 7 heteroatoms. The highest BCUT2D eigenvalue weighted by Gasteiger charge is 2.24. The molecule has 0 aliphatic heterocycles. The number of aliphatic hydroxyl groups excluding tert-OH is 1. The van der Waals surface area contributed by atoms with Crippen molar-refractivity contribution in [3.8, 4) is 0 Å². The van der Waals surface area contributed by atoms with E-state index in [1.54, 1.807) is 6.08 Å². The molecule has 0 aliphatic rings. The Kier molecular flexibility index (Phi) is 26.6. The summed E-state index contributed by atoms with van der Waals surface area (Å²) in [6, 6.07) is -1.05. The number of carbonyl (C=O) groups excluding carboxylic acids is 1. The van der Waals surface area contributed by atoms with Gasteiger partial charge in [0.1, 0.15) is 0 Å². The van der Waals surface area contributed by atoms with Crippen LogP contribution in [0.25, 0.3) is 0 Å². The molecule has 2 atom stereocenters. The number of allylic oxidation sites excluding steroid dienone is 1. The Balaban J connectivity index is 4.05. The van der Waals surface area contributed by atoms with Gasteiger partial charge in [-0.3, -0.25) is 9.35 Å². The van der Waals surface area contributed by atoms with Crippen LogP contribution in [-0.2, 0) is 14.9 Å². The molecule has 39 heavy (non-hydrogen) atoms. The SMILES string of the molecule is CCCCCCCCCCCCC/C=C/C(O)C(CS(=O)(=O)O)NC(=O)CCCCCCCCCCCCC. The van der Waals surface area contributed by atoms with Crippen LogP contribution in [0.2, 0.25) is 0 Å². The van der Waals surface area contributed by atoms with Crippen molar-refractivity contribution in [3.63, 3.8) is 0 Å². The van der Waals surface area contributed by atoms with Crippen molar-refractivity contribution in [3.05, 3.63) is 12.2 Å². The maximum Gasteiger partial charge on any atom is 0.267 e. The van der Waals surface area contributed by atoms with Crippen LogP contribution in [0.5, 0.6) is 0 Å². The summed E-state index contributed by atoms with van der Waals surface area (Å²) >= 11 is 0. The summed E-state index contributed by atoms with van der Waals surface area (Å²) in [4.78, 5) is 12.4. The Hall–Kier alpha value is -0.920. The minimum Gasteiger partial charge on any atom is -0.387 e. The van der Waals surface area contributed by atoms with Crippen molar-refractivity contribution < 1.29 is 22.9 Å². The zero-order valence-electron chi connectivity index (χ0n) is 25.5. The highest BCUT2D eigenvalue weighted by molar-refractivity contribution is 7.85. The van der Waals surface area contributed by atoms with E-state index in [4.69, 9.17) is 0 Å². The van der Waals surface area contributed by atoms with Crippen LogP contribution in [0.4, 0.5) is 0 Å². The molecule has 0 aliphatic carbocycles. The van der Waals surface area contributed by atoms with Crippen LogP contribution in [-0.4, -0.2) is 41.9 Å². The van der Waals surface area contributed by atoms with Crippen molar-refractivity contribution in [2.75, 3.05) is 5.75 Å². The van der Waals surface area contributed by atoms with E-state index in [2.05, 4.69) is 19.2 Å². The van der Waals surface area contributed by atoms with Gasteiger partial charge in [0.15, 0.2) is 0 Å². The molecule has 3 N–H and O–H groups in total. The van der Waals surface area contributed by atoms with Crippen molar-refractivity contribution in [1.82, 2.24) is 5.32 Å². The summed E-state index contributed by atoms with van der Waals surface area (Å²) < 4.78 is 32.2. The number of unbranched alkanes of at least 4 members (excludes halogenated alkanes) is 21. The van der Waals surface area contributed by atoms with E-state index in [-0.39, 0.29) is 5.91 Å². The normalized spacial score (nSPS) is 13.6. The van der Waals surface area contributed by atoms with Crippen LogP contribution in [0.15, 0.2) is 12.2 Å². The Morgan fingerprint density at radius 3 is 1.46 bits per heavy atom. The topological polar surface area (TPSA) is 104 Å². The highest BCUT2D eigenvalue weighted by atomic mass is 32.2. The fourth-order valence-electron chi connectivity index (χ4n) is 4.98. The second-order valence-corrected chi connectivity index (χ2v) is 12.9. The van der Waals surface area contributed by atoms with Gasteiger partial charge in [-0.25, -0.2) is 0 Å². The molecule has 6 nitrogen and oxygen atoms in total. The fraction of sp³-hybridized carbons (Fsp3) is 0.906. The Morgan fingerprint density at radius 1 is 0.667 bits per heavy atom. The maximum atomic E-state index is 12.4. The first-order chi connectivity index (χ1) is 18.8. The lowest BCUT2D eigenvalue weighted by atomic mass is 10.0. The lowest BCUT2D eigenvalue weighted by molar-refractivity contribution is -0.122. The highest BCUT2D eigenvalue weighted by Crippen LogP contribution is 2.14. The number of aliphatic hydroxyl groups is 1. The van der Waals surface area contributed by atoms with Crippen molar-refractivity contribution >= 4 is 16.0 Å². The van der Waals surface area contributed by atoms with Gasteiger partial charge in [0, 0.05) is 6.42 Å². The molecule has 0 aromatic heterocycles. The van der Waals surface area contributed by atoms with Gasteiger partial charge in [0.2, 0.25) is 5.91 Å². The van der Waals surface area contributed by atoms with E-state index in [0.717, 1.165) is 38.5 Å². The number of hydrogen-bond acceptors (Lipinski definition) is 4. The third kappa shape index (κ3) is 28.4. The van der Waals surface area contributed by atoms with Gasteiger partial charge in [-0.1, -0.05) is 154 Å². The second kappa shape index (κ2) is 27.3. The zero-order valence-corrected chi connectivity index (χ0v) is 26.3. The molecule has 0 rings (SSSR count). The molecular formula is C32H63NO5S. The van der Waals surface area contributed by atoms with Crippen LogP contribution >= 0.6 is 0 Å². The summed E-state index contributed by atoms with van der Waals surface area (Å²) in [7, 11) is -4.33. The lowest BCUT2D eigenvalue weighted by Crippen LogP contribution is -2.46. The summed E-state index contributed by atoms with van der Waals surface area (Å²) in [5.41, 5.74) is 0. The van der Waals surface area contributed by atoms with Crippen LogP contribution in [0.3, 0.4) is 0 Å². The average molecular weight is 574 g/mol. The van der Waals surface area contributed by atoms with E-state index < -0.39 is 28.0 Å². The summed E-state index contributed by atoms with van der Waals surface area (Å²) in [6.45, 7) is 4.47. The third-order valence-electron chi connectivity index (χ3n) is 7.46. The molecule has 0 heterocycles. The third-order valence-corrected chi connectivity index (χ3v) is 8.24. The van der Waals surface area contributed by atoms with E-state index in [0.29, 0.717) is 6.42 Å². The minimum absolute atomic E-state index is 0.280. The second-order valence-electron chi connectivity index (χ2n) is 11.5. The summed E-state index contributed by atoms with van der Waals surface area (Å²) in [5.74, 6) is -0.974. The fourth-order valence-corrected chi connectivity index (χ4v) is 5.71. The van der Waals surface area contributed by atoms with Gasteiger partial charge in [-0.15, -0.1) is 0 Å². The smallest absolute Gasteiger partial charge is 0.267 e. The molecule has 1 amide bonds. The molecule has 0 spiro atoms. The van der Waals surface area contributed by atoms with Gasteiger partial charge in [-0.2, -0.15) is 8.42 Å². The molecule has 2 unspecified atom stereocenters. The van der Waals surface area contributed by atoms with E-state index >= 15 is 0 Å². The maximum absolute atomic E-state index is 12.4. The molecule has 0 saturated heterocycles. The first-order valence-electron chi connectivity index (χ1n) is 16.4. The van der Waals surface area contributed by atoms with E-state index in [1.165, 1.54) is 109 Å². The minimum atomic E-state index is -4.33. The molecule has 0 bridgehead atoms. The average Bonchev–Trinajstić information content (AvgIpc) is 2.88. The number of hydrogen-bond donors (Lipinski definition) is 3. The van der Waals surface area contributed by atoms with Gasteiger partial charge < -0.3 is 10.4 Å². The summed E-state index contributed by atoms with van der Waals surface area (Å²) in [6.07, 6.45) is 30.5. The number of nitrogens with one attached hydrogen (secondary N) is 1. The Labute approximate surface area is 241 Å². The van der Waals surface area contributed by atoms with Gasteiger partial charge in [0.25, 0.3) is 10.1 Å². The first kappa shape index (κ1) is 38.1. The molecule has 232 valence electrons. The van der Waals surface area contributed by atoms with Crippen LogP contribution in [0.1, 0.15) is 168 Å². The summed E-state index contributed by atoms with van der Waals surface area (Å²) in [5, 5.41) is 13.1.